The van der Waals surface area contributed by atoms with Gasteiger partial charge < -0.3 is 24.8 Å². The fourth-order valence-electron chi connectivity index (χ4n) is 4.61. The summed E-state index contributed by atoms with van der Waals surface area (Å²) in [5.41, 5.74) is 1.09. The number of nitrogens with zero attached hydrogens (tertiary/aromatic N) is 1. The molecule has 2 atom stereocenters. The second-order valence-electron chi connectivity index (χ2n) is 10.1. The van der Waals surface area contributed by atoms with Crippen LogP contribution < -0.4 is 20.7 Å². The number of anilines is 2. The van der Waals surface area contributed by atoms with Crippen LogP contribution in [-0.4, -0.2) is 70.2 Å². The Morgan fingerprint density at radius 2 is 1.98 bits per heavy atom. The number of piperidine rings is 1. The lowest BCUT2D eigenvalue weighted by Crippen LogP contribution is -2.46. The fraction of sp³-hybridized carbons (Fsp3) is 0.429. The summed E-state index contributed by atoms with van der Waals surface area (Å²) in [6.07, 6.45) is -6.10. The van der Waals surface area contributed by atoms with E-state index in [0.717, 1.165) is 17.9 Å². The van der Waals surface area contributed by atoms with Gasteiger partial charge in [-0.2, -0.15) is 13.2 Å². The average molecular weight is 600 g/mol. The molecule has 2 N–H and O–H groups in total. The zero-order chi connectivity index (χ0) is 29.1. The lowest BCUT2D eigenvalue weighted by Gasteiger charge is -2.33. The number of rotatable bonds is 8. The molecule has 0 spiro atoms. The topological polar surface area (TPSA) is 53.6 Å². The molecule has 5 nitrogen and oxygen atoms in total. The molecule has 2 heterocycles. The molecule has 40 heavy (non-hydrogen) atoms. The number of benzene rings is 2. The van der Waals surface area contributed by atoms with Crippen LogP contribution in [0.1, 0.15) is 16.9 Å². The summed E-state index contributed by atoms with van der Waals surface area (Å²) >= 11 is 1.14. The van der Waals surface area contributed by atoms with Gasteiger partial charge in [0, 0.05) is 18.4 Å². The van der Waals surface area contributed by atoms with Crippen molar-refractivity contribution < 1.29 is 31.3 Å². The van der Waals surface area contributed by atoms with Crippen LogP contribution in [0.25, 0.3) is 10.1 Å². The summed E-state index contributed by atoms with van der Waals surface area (Å²) in [6.45, 7) is 3.16. The SMILES string of the molecule is CN1CC[C@H](Nc2cccc3c(CC(F)(F)F)c(C#CCNc4ccc(P(C)(C)=O)cc4OCF)sc23)[C@H](F)C1. The quantitative estimate of drug-likeness (QED) is 0.177. The van der Waals surface area contributed by atoms with Gasteiger partial charge in [0.05, 0.1) is 40.0 Å². The number of hydrogen-bond acceptors (Lipinski definition) is 6. The highest BCUT2D eigenvalue weighted by Gasteiger charge is 2.32. The van der Waals surface area contributed by atoms with Crippen LogP contribution in [-0.2, 0) is 11.0 Å². The number of fused-ring (bicyclic) bond motifs is 1. The minimum absolute atomic E-state index is 0.0435. The van der Waals surface area contributed by atoms with Crippen molar-refractivity contribution in [3.05, 3.63) is 46.8 Å². The Kier molecular flexibility index (Phi) is 9.33. The van der Waals surface area contributed by atoms with Crippen molar-refractivity contribution in [1.29, 1.82) is 0 Å². The summed E-state index contributed by atoms with van der Waals surface area (Å²) in [6, 6.07) is 9.37. The van der Waals surface area contributed by atoms with Gasteiger partial charge in [0.25, 0.3) is 0 Å². The zero-order valence-electron chi connectivity index (χ0n) is 22.4. The summed E-state index contributed by atoms with van der Waals surface area (Å²) in [5.74, 6) is 5.89. The van der Waals surface area contributed by atoms with Crippen molar-refractivity contribution in [2.24, 2.45) is 0 Å². The molecular weight excluding hydrogens is 568 g/mol. The van der Waals surface area contributed by atoms with Crippen molar-refractivity contribution in [3.63, 3.8) is 0 Å². The number of nitrogens with one attached hydrogen (secondary N) is 2. The van der Waals surface area contributed by atoms with Crippen LogP contribution in [0.15, 0.2) is 36.4 Å². The molecule has 0 aliphatic carbocycles. The number of halogens is 5. The molecule has 0 bridgehead atoms. The van der Waals surface area contributed by atoms with E-state index in [-0.39, 0.29) is 29.3 Å². The van der Waals surface area contributed by atoms with Crippen molar-refractivity contribution in [2.75, 3.05) is 57.5 Å². The van der Waals surface area contributed by atoms with Crippen LogP contribution >= 0.6 is 18.5 Å². The minimum atomic E-state index is -4.44. The Labute approximate surface area is 234 Å². The fourth-order valence-corrected chi connectivity index (χ4v) is 6.65. The van der Waals surface area contributed by atoms with Crippen molar-refractivity contribution in [1.82, 2.24) is 4.90 Å². The van der Waals surface area contributed by atoms with Gasteiger partial charge in [0.15, 0.2) is 0 Å². The van der Waals surface area contributed by atoms with E-state index in [1.165, 1.54) is 6.07 Å². The van der Waals surface area contributed by atoms with E-state index in [1.54, 1.807) is 43.7 Å². The van der Waals surface area contributed by atoms with Crippen molar-refractivity contribution >= 4 is 45.2 Å². The van der Waals surface area contributed by atoms with E-state index in [0.29, 0.717) is 33.2 Å². The molecule has 0 amide bonds. The van der Waals surface area contributed by atoms with E-state index < -0.39 is 38.8 Å². The highest BCUT2D eigenvalue weighted by atomic mass is 32.1. The largest absolute Gasteiger partial charge is 0.461 e. The van der Waals surface area contributed by atoms with Gasteiger partial charge >= 0.3 is 6.18 Å². The van der Waals surface area contributed by atoms with Gasteiger partial charge in [0.1, 0.15) is 19.1 Å². The van der Waals surface area contributed by atoms with Crippen LogP contribution in [0.5, 0.6) is 5.75 Å². The molecule has 1 aromatic heterocycles. The summed E-state index contributed by atoms with van der Waals surface area (Å²) < 4.78 is 86.2. The lowest BCUT2D eigenvalue weighted by molar-refractivity contribution is -0.126. The van der Waals surface area contributed by atoms with Gasteiger partial charge in [-0.3, -0.25) is 0 Å². The molecule has 12 heteroatoms. The highest BCUT2D eigenvalue weighted by molar-refractivity contribution is 7.70. The van der Waals surface area contributed by atoms with Gasteiger partial charge in [-0.15, -0.1) is 11.3 Å². The third-order valence-corrected chi connectivity index (χ3v) is 9.37. The van der Waals surface area contributed by atoms with Crippen molar-refractivity contribution in [3.8, 4) is 17.6 Å². The van der Waals surface area contributed by atoms with Crippen molar-refractivity contribution in [2.45, 2.75) is 31.2 Å². The lowest BCUT2D eigenvalue weighted by atomic mass is 10.0. The van der Waals surface area contributed by atoms with Gasteiger partial charge in [-0.25, -0.2) is 8.78 Å². The maximum atomic E-state index is 14.7. The number of hydrogen-bond donors (Lipinski definition) is 2. The predicted molar refractivity (Wildman–Crippen MR) is 154 cm³/mol. The average Bonchev–Trinajstić information content (AvgIpc) is 3.20. The first-order valence-corrected chi connectivity index (χ1v) is 16.1. The number of ether oxygens (including phenoxy) is 1. The van der Waals surface area contributed by atoms with Crippen LogP contribution in [0.3, 0.4) is 0 Å². The van der Waals surface area contributed by atoms with E-state index in [1.807, 2.05) is 11.9 Å². The van der Waals surface area contributed by atoms with Crippen LogP contribution in [0.2, 0.25) is 0 Å². The Morgan fingerprint density at radius 3 is 2.65 bits per heavy atom. The number of thiophene rings is 1. The second-order valence-corrected chi connectivity index (χ2v) is 14.4. The van der Waals surface area contributed by atoms with Gasteiger partial charge in [0.2, 0.25) is 6.86 Å². The third kappa shape index (κ3) is 7.48. The predicted octanol–water partition coefficient (Wildman–Crippen LogP) is 6.48. The van der Waals surface area contributed by atoms with Crippen LogP contribution in [0.4, 0.5) is 33.3 Å². The number of likely N-dealkylation sites (tertiary alicyclic amines) is 1. The second kappa shape index (κ2) is 12.4. The molecule has 0 radical (unpaired) electrons. The molecule has 1 aliphatic heterocycles. The van der Waals surface area contributed by atoms with E-state index in [4.69, 9.17) is 4.74 Å². The molecule has 2 aromatic carbocycles. The maximum absolute atomic E-state index is 14.7. The zero-order valence-corrected chi connectivity index (χ0v) is 24.1. The molecule has 1 fully saturated rings. The first-order chi connectivity index (χ1) is 18.9. The minimum Gasteiger partial charge on any atom is -0.461 e. The molecule has 1 saturated heterocycles. The Hall–Kier alpha value is -2.80. The smallest absolute Gasteiger partial charge is 0.393 e. The van der Waals surface area contributed by atoms with E-state index >= 15 is 0 Å². The number of alkyl halides is 5. The Balaban J connectivity index is 1.60. The Morgan fingerprint density at radius 1 is 1.20 bits per heavy atom. The molecule has 1 aliphatic rings. The molecule has 216 valence electrons. The molecule has 4 rings (SSSR count). The first kappa shape index (κ1) is 30.2. The first-order valence-electron chi connectivity index (χ1n) is 12.7. The summed E-state index contributed by atoms with van der Waals surface area (Å²) in [4.78, 5) is 2.18. The molecular formula is C28H31F5N3O2PS. The maximum Gasteiger partial charge on any atom is 0.393 e. The summed E-state index contributed by atoms with van der Waals surface area (Å²) in [5, 5.41) is 7.18. The molecule has 0 unspecified atom stereocenters. The van der Waals surface area contributed by atoms with Crippen LogP contribution in [0, 0.1) is 11.8 Å². The normalized spacial score (nSPS) is 18.3. The van der Waals surface area contributed by atoms with Gasteiger partial charge in [-0.1, -0.05) is 24.0 Å². The van der Waals surface area contributed by atoms with E-state index in [2.05, 4.69) is 22.5 Å². The standard InChI is InChI=1S/C28H31F5N3O2PS/c1-36-13-11-22(21(30)16-36)35-24-7-4-6-19-20(15-28(31,32)33)26(40-27(19)24)8-5-12-34-23-10-9-18(39(2,3)37)14-25(23)38-17-29/h4,6-7,9-10,14,21-22,34-35H,11-13,15-17H2,1-3H3/t21-,22+/m1/s1. The monoisotopic (exact) mass is 599 g/mol. The Bertz CT molecular complexity index is 1460. The highest BCUT2D eigenvalue weighted by Crippen LogP contribution is 2.40. The molecule has 0 saturated carbocycles. The van der Waals surface area contributed by atoms with Gasteiger partial charge in [-0.05, 0) is 62.0 Å². The molecule has 3 aromatic rings. The van der Waals surface area contributed by atoms with E-state index in [9.17, 15) is 26.5 Å². The summed E-state index contributed by atoms with van der Waals surface area (Å²) in [7, 11) is -0.745. The third-order valence-electron chi connectivity index (χ3n) is 6.65.